The molecule has 2 atom stereocenters. The van der Waals surface area contributed by atoms with Crippen molar-refractivity contribution in [2.24, 2.45) is 11.8 Å². The van der Waals surface area contributed by atoms with Crippen LogP contribution in [-0.2, 0) is 17.1 Å². The molecule has 2 aliphatic rings. The minimum atomic E-state index is 0. The molecular formula is C38H52Fe. The molecule has 39 heavy (non-hydrogen) atoms. The second-order valence-electron chi connectivity index (χ2n) is 10.6. The van der Waals surface area contributed by atoms with Gasteiger partial charge in [0.2, 0.25) is 0 Å². The Hall–Kier alpha value is -2.08. The molecule has 0 fully saturated rings. The van der Waals surface area contributed by atoms with E-state index in [9.17, 15) is 0 Å². The molecule has 0 aliphatic heterocycles. The van der Waals surface area contributed by atoms with Crippen LogP contribution in [0.3, 0.4) is 0 Å². The number of allylic oxidation sites excluding steroid dienone is 8. The summed E-state index contributed by atoms with van der Waals surface area (Å²) in [6.45, 7) is 18.5. The van der Waals surface area contributed by atoms with Gasteiger partial charge in [0, 0.05) is 28.9 Å². The predicted molar refractivity (Wildman–Crippen MR) is 170 cm³/mol. The monoisotopic (exact) mass is 564 g/mol. The van der Waals surface area contributed by atoms with Gasteiger partial charge in [-0.2, -0.15) is 0 Å². The van der Waals surface area contributed by atoms with Crippen molar-refractivity contribution in [3.8, 4) is 0 Å². The Morgan fingerprint density at radius 2 is 0.718 bits per heavy atom. The van der Waals surface area contributed by atoms with Crippen LogP contribution in [0.1, 0.15) is 118 Å². The van der Waals surface area contributed by atoms with E-state index in [0.29, 0.717) is 11.8 Å². The van der Waals surface area contributed by atoms with E-state index >= 15 is 0 Å². The van der Waals surface area contributed by atoms with Crippen molar-refractivity contribution < 1.29 is 17.1 Å². The van der Waals surface area contributed by atoms with Crippen molar-refractivity contribution in [2.75, 3.05) is 0 Å². The fourth-order valence-corrected chi connectivity index (χ4v) is 7.40. The van der Waals surface area contributed by atoms with Crippen LogP contribution in [0.5, 0.6) is 0 Å². The van der Waals surface area contributed by atoms with Crippen molar-refractivity contribution in [3.63, 3.8) is 0 Å². The van der Waals surface area contributed by atoms with Crippen LogP contribution in [0.4, 0.5) is 0 Å². The quantitative estimate of drug-likeness (QED) is 0.252. The normalized spacial score (nSPS) is 19.0. The zero-order valence-electron chi connectivity index (χ0n) is 25.9. The molecule has 0 saturated heterocycles. The standard InChI is InChI=1S/2C19H26.Fe/c2*1-5-15-16(6-2)18(8-4)19(17(15)7-3)14-12-10-9-11-13-14;/h2*9-13,17H,5-8H2,1-4H3;. The van der Waals surface area contributed by atoms with E-state index in [1.165, 1.54) is 49.7 Å². The molecule has 1 heteroatoms. The minimum Gasteiger partial charge on any atom is -0.0645 e. The molecule has 0 saturated carbocycles. The summed E-state index contributed by atoms with van der Waals surface area (Å²) in [5, 5.41) is 0. The largest absolute Gasteiger partial charge is 0.0645 e. The Morgan fingerprint density at radius 1 is 0.410 bits per heavy atom. The molecular weight excluding hydrogens is 512 g/mol. The van der Waals surface area contributed by atoms with Gasteiger partial charge in [0.25, 0.3) is 0 Å². The van der Waals surface area contributed by atoms with Gasteiger partial charge in [0.1, 0.15) is 0 Å². The molecule has 2 aromatic rings. The van der Waals surface area contributed by atoms with Crippen LogP contribution in [0.2, 0.25) is 0 Å². The van der Waals surface area contributed by atoms with E-state index in [-0.39, 0.29) is 17.1 Å². The van der Waals surface area contributed by atoms with Crippen LogP contribution < -0.4 is 0 Å². The van der Waals surface area contributed by atoms with E-state index in [1.54, 1.807) is 44.6 Å². The molecule has 2 aliphatic carbocycles. The molecule has 212 valence electrons. The van der Waals surface area contributed by atoms with Crippen LogP contribution in [0.25, 0.3) is 11.1 Å². The molecule has 0 N–H and O–H groups in total. The fraction of sp³-hybridized carbons (Fsp3) is 0.474. The SMILES string of the molecule is CCC1=C(CC)C(CC)C(c2ccccc2)=C1CC.CCC1=C(CC)C(CC)C(c2ccccc2)=C1CC.[Fe]. The van der Waals surface area contributed by atoms with Crippen LogP contribution in [0.15, 0.2) is 94.1 Å². The molecule has 0 spiro atoms. The Bertz CT molecular complexity index is 1080. The first-order chi connectivity index (χ1) is 18.6. The topological polar surface area (TPSA) is 0 Å². The molecule has 0 nitrogen and oxygen atoms in total. The van der Waals surface area contributed by atoms with E-state index < -0.39 is 0 Å². The van der Waals surface area contributed by atoms with Crippen molar-refractivity contribution in [3.05, 3.63) is 105 Å². The Labute approximate surface area is 251 Å². The summed E-state index contributed by atoms with van der Waals surface area (Å²) in [5.74, 6) is 1.30. The molecule has 2 unspecified atom stereocenters. The molecule has 0 radical (unpaired) electrons. The van der Waals surface area contributed by atoms with Gasteiger partial charge in [-0.15, -0.1) is 0 Å². The number of benzene rings is 2. The van der Waals surface area contributed by atoms with E-state index in [4.69, 9.17) is 0 Å². The number of hydrogen-bond donors (Lipinski definition) is 0. The van der Waals surface area contributed by atoms with Gasteiger partial charge in [-0.3, -0.25) is 0 Å². The van der Waals surface area contributed by atoms with Crippen molar-refractivity contribution in [2.45, 2.75) is 107 Å². The number of rotatable bonds is 10. The van der Waals surface area contributed by atoms with Gasteiger partial charge in [0.15, 0.2) is 0 Å². The summed E-state index contributed by atoms with van der Waals surface area (Å²) in [6.07, 6.45) is 9.52. The summed E-state index contributed by atoms with van der Waals surface area (Å²) < 4.78 is 0. The zero-order valence-corrected chi connectivity index (χ0v) is 27.0. The van der Waals surface area contributed by atoms with Crippen LogP contribution in [-0.4, -0.2) is 0 Å². The van der Waals surface area contributed by atoms with E-state index in [0.717, 1.165) is 12.8 Å². The second kappa shape index (κ2) is 16.2. The Kier molecular flexibility index (Phi) is 13.8. The summed E-state index contributed by atoms with van der Waals surface area (Å²) in [6, 6.07) is 22.0. The molecule has 2 aromatic carbocycles. The van der Waals surface area contributed by atoms with Crippen LogP contribution in [0, 0.1) is 11.8 Å². The van der Waals surface area contributed by atoms with Crippen LogP contribution >= 0.6 is 0 Å². The minimum absolute atomic E-state index is 0. The first kappa shape index (κ1) is 33.1. The second-order valence-corrected chi connectivity index (χ2v) is 10.6. The van der Waals surface area contributed by atoms with Crippen molar-refractivity contribution >= 4 is 11.1 Å². The third kappa shape index (κ3) is 6.81. The van der Waals surface area contributed by atoms with E-state index in [2.05, 4.69) is 116 Å². The maximum atomic E-state index is 2.33. The molecule has 0 heterocycles. The predicted octanol–water partition coefficient (Wildman–Crippen LogP) is 12.0. The maximum Gasteiger partial charge on any atom is 0.00601 e. The first-order valence-corrected chi connectivity index (χ1v) is 15.6. The third-order valence-corrected chi connectivity index (χ3v) is 8.85. The van der Waals surface area contributed by atoms with Gasteiger partial charge >= 0.3 is 0 Å². The summed E-state index contributed by atoms with van der Waals surface area (Å²) in [7, 11) is 0. The van der Waals surface area contributed by atoms with Gasteiger partial charge in [-0.05, 0) is 95.9 Å². The fourth-order valence-electron chi connectivity index (χ4n) is 7.40. The van der Waals surface area contributed by atoms with Gasteiger partial charge in [0.05, 0.1) is 0 Å². The number of hydrogen-bond acceptors (Lipinski definition) is 0. The van der Waals surface area contributed by atoms with Gasteiger partial charge in [-0.25, -0.2) is 0 Å². The smallest absolute Gasteiger partial charge is 0.00601 e. The Morgan fingerprint density at radius 3 is 0.949 bits per heavy atom. The van der Waals surface area contributed by atoms with Gasteiger partial charge in [-0.1, -0.05) is 127 Å². The average molecular weight is 565 g/mol. The van der Waals surface area contributed by atoms with Crippen molar-refractivity contribution in [1.29, 1.82) is 0 Å². The molecule has 0 bridgehead atoms. The summed E-state index contributed by atoms with van der Waals surface area (Å²) in [5.41, 5.74) is 16.0. The summed E-state index contributed by atoms with van der Waals surface area (Å²) in [4.78, 5) is 0. The maximum absolute atomic E-state index is 2.33. The Balaban J connectivity index is 0.000000267. The van der Waals surface area contributed by atoms with Gasteiger partial charge < -0.3 is 0 Å². The summed E-state index contributed by atoms with van der Waals surface area (Å²) >= 11 is 0. The third-order valence-electron chi connectivity index (χ3n) is 8.85. The zero-order chi connectivity index (χ0) is 27.7. The molecule has 0 aromatic heterocycles. The van der Waals surface area contributed by atoms with E-state index in [1.807, 2.05) is 0 Å². The molecule has 0 amide bonds. The molecule has 4 rings (SSSR count). The average Bonchev–Trinajstić information content (AvgIpc) is 3.48. The first-order valence-electron chi connectivity index (χ1n) is 15.6. The van der Waals surface area contributed by atoms with Crippen molar-refractivity contribution in [1.82, 2.24) is 0 Å².